The molecule has 49 heavy (non-hydrogen) atoms. The van der Waals surface area contributed by atoms with Crippen molar-refractivity contribution in [2.24, 2.45) is 10.9 Å². The summed E-state index contributed by atoms with van der Waals surface area (Å²) in [6.45, 7) is 5.56. The number of benzene rings is 2. The number of unbranched alkanes of at least 4 members (excludes halogenated alkanes) is 3. The molecule has 10 heteroatoms. The van der Waals surface area contributed by atoms with Gasteiger partial charge >= 0.3 is 5.97 Å². The second kappa shape index (κ2) is 14.5. The quantitative estimate of drug-likeness (QED) is 0.225. The molecule has 1 aliphatic carbocycles. The molecule has 10 nitrogen and oxygen atoms in total. The van der Waals surface area contributed by atoms with Crippen molar-refractivity contribution >= 4 is 23.4 Å². The van der Waals surface area contributed by atoms with E-state index in [1.54, 1.807) is 27.0 Å². The Balaban J connectivity index is 1.50. The van der Waals surface area contributed by atoms with Crippen LogP contribution >= 0.6 is 0 Å². The topological polar surface area (TPSA) is 144 Å². The van der Waals surface area contributed by atoms with Crippen molar-refractivity contribution < 1.29 is 43.9 Å². The number of nitrogens with zero attached hydrogens (tertiary/aromatic N) is 1. The van der Waals surface area contributed by atoms with Gasteiger partial charge in [-0.25, -0.2) is 4.79 Å². The van der Waals surface area contributed by atoms with Gasteiger partial charge in [-0.3, -0.25) is 9.79 Å². The van der Waals surface area contributed by atoms with Crippen LogP contribution in [0.2, 0.25) is 0 Å². The number of methoxy groups -OCH3 is 1. The largest absolute Gasteiger partial charge is 0.496 e. The first-order valence-corrected chi connectivity index (χ1v) is 17.5. The lowest BCUT2D eigenvalue weighted by Gasteiger charge is -2.33. The molecule has 0 radical (unpaired) electrons. The number of aliphatic hydroxyl groups excluding tert-OH is 2. The van der Waals surface area contributed by atoms with Crippen LogP contribution in [0, 0.1) is 5.92 Å². The molecule has 0 saturated heterocycles. The van der Waals surface area contributed by atoms with Gasteiger partial charge in [0, 0.05) is 23.8 Å². The number of carbonyl (C=O) groups excluding carboxylic acids is 2. The lowest BCUT2D eigenvalue weighted by Crippen LogP contribution is -2.42. The van der Waals surface area contributed by atoms with Crippen molar-refractivity contribution in [3.8, 4) is 17.2 Å². The van der Waals surface area contributed by atoms with Crippen LogP contribution in [-0.4, -0.2) is 65.6 Å². The molecule has 1 fully saturated rings. The number of carbonyl (C=O) groups is 2. The average Bonchev–Trinajstić information content (AvgIpc) is 3.77. The Morgan fingerprint density at radius 3 is 2.63 bits per heavy atom. The maximum Gasteiger partial charge on any atom is 0.374 e. The van der Waals surface area contributed by atoms with Gasteiger partial charge in [0.05, 0.1) is 55.6 Å². The van der Waals surface area contributed by atoms with Gasteiger partial charge in [-0.15, -0.1) is 0 Å². The van der Waals surface area contributed by atoms with Gasteiger partial charge in [-0.05, 0) is 67.7 Å². The summed E-state index contributed by atoms with van der Waals surface area (Å²) in [6.07, 6.45) is 8.59. The average molecular weight is 674 g/mol. The number of ketones is 1. The van der Waals surface area contributed by atoms with E-state index in [0.29, 0.717) is 59.6 Å². The van der Waals surface area contributed by atoms with E-state index in [9.17, 15) is 24.9 Å². The van der Waals surface area contributed by atoms with E-state index in [2.05, 4.69) is 11.9 Å². The standard InChI is InChI=1S/C39H47NO9/c1-5-7-8-9-13-39(3,45)32-19-28-35(49-32)29(21-42)37-33(36(28)46-4)26(18-31(48-37)38(44)47-6-2)24-16-25(20-41)34(43)27(17-24)22-10-11-30-23(15-22)12-14-40-30/h10-12,15,18,25,27,32,41-42,45H,5-9,13-14,16-17,19-21H2,1-4H3. The summed E-state index contributed by atoms with van der Waals surface area (Å²) in [6, 6.07) is 5.85. The summed E-state index contributed by atoms with van der Waals surface area (Å²) in [5, 5.41) is 34.7. The molecular weight excluding hydrogens is 626 g/mol. The number of Topliss-reactive ketones (excluding diaryl/α,β-unsaturated/α-hetero) is 1. The lowest BCUT2D eigenvalue weighted by atomic mass is 9.72. The minimum Gasteiger partial charge on any atom is -0.496 e. The lowest BCUT2D eigenvalue weighted by molar-refractivity contribution is -0.141. The third kappa shape index (κ3) is 6.54. The van der Waals surface area contributed by atoms with Crippen molar-refractivity contribution in [3.63, 3.8) is 0 Å². The Hall–Kier alpha value is -3.99. The molecule has 0 amide bonds. The fourth-order valence-corrected chi connectivity index (χ4v) is 7.67. The van der Waals surface area contributed by atoms with E-state index in [1.165, 1.54) is 0 Å². The molecule has 3 N–H and O–H groups in total. The smallest absolute Gasteiger partial charge is 0.374 e. The summed E-state index contributed by atoms with van der Waals surface area (Å²) in [7, 11) is 1.55. The van der Waals surface area contributed by atoms with Gasteiger partial charge in [0.15, 0.2) is 0 Å². The van der Waals surface area contributed by atoms with Crippen LogP contribution in [0.15, 0.2) is 40.6 Å². The van der Waals surface area contributed by atoms with Crippen molar-refractivity contribution in [3.05, 3.63) is 68.4 Å². The zero-order chi connectivity index (χ0) is 34.9. The number of aliphatic hydroxyl groups is 3. The summed E-state index contributed by atoms with van der Waals surface area (Å²) in [5.74, 6) is -0.965. The van der Waals surface area contributed by atoms with Gasteiger partial charge in [0.1, 0.15) is 29.1 Å². The maximum atomic E-state index is 13.8. The summed E-state index contributed by atoms with van der Waals surface area (Å²) in [4.78, 5) is 31.5. The predicted molar refractivity (Wildman–Crippen MR) is 183 cm³/mol. The predicted octanol–water partition coefficient (Wildman–Crippen LogP) is 3.97. The molecule has 6 rings (SSSR count). The van der Waals surface area contributed by atoms with Crippen molar-refractivity contribution in [1.29, 1.82) is 0 Å². The molecule has 0 aromatic heterocycles. The van der Waals surface area contributed by atoms with Crippen LogP contribution in [0.3, 0.4) is 0 Å². The zero-order valence-corrected chi connectivity index (χ0v) is 28.8. The molecule has 0 bridgehead atoms. The SMILES string of the molecule is CCCCCCC(C)(O)C1Cc2c(c(CO)c3c(c2OC)C(=C2CC(CO)C(=O)C(c4ccc5c(c4)=CCN=5)C2)C=C(C(=O)OCC)O3)O1. The van der Waals surface area contributed by atoms with Gasteiger partial charge in [0.2, 0.25) is 5.76 Å². The van der Waals surface area contributed by atoms with Crippen LogP contribution in [0.1, 0.15) is 93.9 Å². The highest BCUT2D eigenvalue weighted by Crippen LogP contribution is 2.55. The van der Waals surface area contributed by atoms with E-state index < -0.39 is 36.1 Å². The van der Waals surface area contributed by atoms with E-state index >= 15 is 0 Å². The first kappa shape index (κ1) is 34.9. The zero-order valence-electron chi connectivity index (χ0n) is 28.8. The van der Waals surface area contributed by atoms with Crippen molar-refractivity contribution in [2.45, 2.75) is 96.4 Å². The fourth-order valence-electron chi connectivity index (χ4n) is 7.67. The Kier molecular flexibility index (Phi) is 10.3. The van der Waals surface area contributed by atoms with Gasteiger partial charge in [-0.1, -0.05) is 50.3 Å². The molecule has 2 aromatic rings. The van der Waals surface area contributed by atoms with E-state index in [1.807, 2.05) is 24.3 Å². The van der Waals surface area contributed by atoms with E-state index in [0.717, 1.165) is 47.4 Å². The summed E-state index contributed by atoms with van der Waals surface area (Å²) < 4.78 is 24.1. The van der Waals surface area contributed by atoms with Crippen molar-refractivity contribution in [1.82, 2.24) is 0 Å². The van der Waals surface area contributed by atoms with Crippen LogP contribution in [-0.2, 0) is 27.4 Å². The Labute approximate surface area is 286 Å². The van der Waals surface area contributed by atoms with Crippen LogP contribution < -0.4 is 24.8 Å². The monoisotopic (exact) mass is 673 g/mol. The minimum atomic E-state index is -1.15. The van der Waals surface area contributed by atoms with Gasteiger partial charge < -0.3 is 34.3 Å². The first-order chi connectivity index (χ1) is 23.6. The molecule has 4 atom stereocenters. The Morgan fingerprint density at radius 1 is 1.10 bits per heavy atom. The third-order valence-electron chi connectivity index (χ3n) is 10.3. The van der Waals surface area contributed by atoms with E-state index in [4.69, 9.17) is 18.9 Å². The van der Waals surface area contributed by atoms with Gasteiger partial charge in [0.25, 0.3) is 0 Å². The Bertz CT molecular complexity index is 1820. The molecule has 0 spiro atoms. The minimum absolute atomic E-state index is 0.0435. The molecule has 2 aromatic carbocycles. The molecule has 1 saturated carbocycles. The number of ether oxygens (including phenoxy) is 4. The third-order valence-corrected chi connectivity index (χ3v) is 10.3. The maximum absolute atomic E-state index is 13.8. The van der Waals surface area contributed by atoms with Crippen LogP contribution in [0.5, 0.6) is 17.2 Å². The Morgan fingerprint density at radius 2 is 1.92 bits per heavy atom. The summed E-state index contributed by atoms with van der Waals surface area (Å²) >= 11 is 0. The van der Waals surface area contributed by atoms with Crippen LogP contribution in [0.4, 0.5) is 0 Å². The van der Waals surface area contributed by atoms with Gasteiger partial charge in [-0.2, -0.15) is 0 Å². The van der Waals surface area contributed by atoms with Crippen molar-refractivity contribution in [2.75, 3.05) is 26.9 Å². The highest BCUT2D eigenvalue weighted by atomic mass is 16.6. The van der Waals surface area contributed by atoms with Crippen LogP contribution in [0.25, 0.3) is 11.6 Å². The number of hydrogen-bond acceptors (Lipinski definition) is 10. The molecule has 4 aliphatic rings. The number of fused-ring (bicyclic) bond motifs is 3. The highest BCUT2D eigenvalue weighted by molar-refractivity contribution is 5.98. The van der Waals surface area contributed by atoms with E-state index in [-0.39, 0.29) is 36.9 Å². The second-order valence-corrected chi connectivity index (χ2v) is 13.6. The number of rotatable bonds is 12. The number of esters is 1. The normalized spacial score (nSPS) is 23.5. The molecular formula is C39H47NO9. The molecule has 262 valence electrons. The fraction of sp³-hybridized carbons (Fsp3) is 0.513. The highest BCUT2D eigenvalue weighted by Gasteiger charge is 2.45. The summed E-state index contributed by atoms with van der Waals surface area (Å²) in [5.41, 5.74) is 2.71. The number of allylic oxidation sites excluding steroid dienone is 3. The first-order valence-electron chi connectivity index (χ1n) is 17.5. The number of hydrogen-bond donors (Lipinski definition) is 3. The molecule has 4 unspecified atom stereocenters. The molecule has 3 aliphatic heterocycles. The molecule has 3 heterocycles. The second-order valence-electron chi connectivity index (χ2n) is 13.6.